The number of rotatable bonds is 1. The van der Waals surface area contributed by atoms with Crippen LogP contribution in [0.3, 0.4) is 0 Å². The molecule has 98 valence electrons. The van der Waals surface area contributed by atoms with Gasteiger partial charge in [-0.15, -0.1) is 0 Å². The largest absolute Gasteiger partial charge is 0.333 e. The third kappa shape index (κ3) is 2.63. The fourth-order valence-corrected chi connectivity index (χ4v) is 2.51. The number of nitrogens with zero attached hydrogens (tertiary/aromatic N) is 1. The van der Waals surface area contributed by atoms with E-state index in [9.17, 15) is 4.79 Å². The second-order valence-electron chi connectivity index (χ2n) is 4.72. The van der Waals surface area contributed by atoms with Crippen LogP contribution in [0.4, 0.5) is 0 Å². The first-order valence-electron chi connectivity index (χ1n) is 5.99. The highest BCUT2D eigenvalue weighted by Crippen LogP contribution is 2.27. The van der Waals surface area contributed by atoms with Crippen molar-refractivity contribution in [2.45, 2.75) is 25.9 Å². The van der Waals surface area contributed by atoms with Crippen LogP contribution in [0.5, 0.6) is 0 Å². The molecule has 1 aromatic rings. The van der Waals surface area contributed by atoms with Crippen molar-refractivity contribution in [3.8, 4) is 0 Å². The molecular weight excluding hydrogens is 271 g/mol. The number of piperazine rings is 1. The average Bonchev–Trinajstić information content (AvgIpc) is 2.35. The first kappa shape index (κ1) is 13.7. The number of benzene rings is 1. The molecule has 1 aliphatic rings. The zero-order valence-electron chi connectivity index (χ0n) is 10.4. The second kappa shape index (κ2) is 5.47. The number of nitrogens with one attached hydrogen (secondary N) is 1. The maximum atomic E-state index is 12.5. The molecule has 1 N–H and O–H groups in total. The highest BCUT2D eigenvalue weighted by molar-refractivity contribution is 6.43. The molecular formula is C13H16Cl2N2O. The van der Waals surface area contributed by atoms with Crippen LogP contribution in [-0.2, 0) is 0 Å². The molecule has 1 heterocycles. The Labute approximate surface area is 117 Å². The van der Waals surface area contributed by atoms with Crippen molar-refractivity contribution in [1.82, 2.24) is 10.2 Å². The van der Waals surface area contributed by atoms with Crippen LogP contribution in [0.15, 0.2) is 18.2 Å². The van der Waals surface area contributed by atoms with Gasteiger partial charge in [-0.2, -0.15) is 0 Å². The van der Waals surface area contributed by atoms with Gasteiger partial charge in [-0.3, -0.25) is 4.79 Å². The van der Waals surface area contributed by atoms with Crippen LogP contribution < -0.4 is 5.32 Å². The molecule has 1 aromatic carbocycles. The van der Waals surface area contributed by atoms with Gasteiger partial charge in [-0.25, -0.2) is 0 Å². The molecule has 0 aromatic heterocycles. The maximum Gasteiger partial charge on any atom is 0.255 e. The minimum atomic E-state index is -0.0525. The Hall–Kier alpha value is -0.770. The van der Waals surface area contributed by atoms with Crippen LogP contribution in [0.2, 0.25) is 10.0 Å². The quantitative estimate of drug-likeness (QED) is 0.861. The summed E-state index contributed by atoms with van der Waals surface area (Å²) in [5.41, 5.74) is 0.477. The van der Waals surface area contributed by atoms with E-state index in [2.05, 4.69) is 12.2 Å². The average molecular weight is 287 g/mol. The maximum absolute atomic E-state index is 12.5. The van der Waals surface area contributed by atoms with Crippen LogP contribution in [0.25, 0.3) is 0 Å². The van der Waals surface area contributed by atoms with Crippen LogP contribution in [0, 0.1) is 0 Å². The third-order valence-corrected chi connectivity index (χ3v) is 4.03. The lowest BCUT2D eigenvalue weighted by molar-refractivity contribution is 0.0616. The number of carbonyl (C=O) groups excluding carboxylic acids is 1. The molecule has 1 aliphatic heterocycles. The van der Waals surface area contributed by atoms with Gasteiger partial charge in [0, 0.05) is 25.2 Å². The summed E-state index contributed by atoms with van der Waals surface area (Å²) in [7, 11) is 0. The first-order valence-corrected chi connectivity index (χ1v) is 6.74. The molecule has 0 spiro atoms. The topological polar surface area (TPSA) is 32.3 Å². The zero-order valence-corrected chi connectivity index (χ0v) is 11.9. The van der Waals surface area contributed by atoms with Crippen LogP contribution >= 0.6 is 23.2 Å². The lowest BCUT2D eigenvalue weighted by Crippen LogP contribution is -2.56. The van der Waals surface area contributed by atoms with E-state index in [0.29, 0.717) is 28.2 Å². The fourth-order valence-electron chi connectivity index (χ4n) is 2.13. The monoisotopic (exact) mass is 286 g/mol. The van der Waals surface area contributed by atoms with E-state index in [4.69, 9.17) is 23.2 Å². The number of halogens is 2. The predicted octanol–water partition coefficient (Wildman–Crippen LogP) is 2.82. The van der Waals surface area contributed by atoms with Crippen molar-refractivity contribution in [2.75, 3.05) is 13.1 Å². The van der Waals surface area contributed by atoms with E-state index in [1.54, 1.807) is 18.2 Å². The molecule has 2 rings (SSSR count). The van der Waals surface area contributed by atoms with E-state index < -0.39 is 0 Å². The molecule has 3 nitrogen and oxygen atoms in total. The molecule has 0 saturated carbocycles. The lowest BCUT2D eigenvalue weighted by Gasteiger charge is -2.37. The molecule has 0 bridgehead atoms. The molecule has 5 heteroatoms. The van der Waals surface area contributed by atoms with Crippen molar-refractivity contribution >= 4 is 29.1 Å². The second-order valence-corrected chi connectivity index (χ2v) is 5.50. The fraction of sp³-hybridized carbons (Fsp3) is 0.462. The summed E-state index contributed by atoms with van der Waals surface area (Å²) in [6.07, 6.45) is 0. The van der Waals surface area contributed by atoms with Crippen molar-refractivity contribution in [3.05, 3.63) is 33.8 Å². The van der Waals surface area contributed by atoms with Gasteiger partial charge in [0.2, 0.25) is 0 Å². The highest BCUT2D eigenvalue weighted by Gasteiger charge is 2.28. The molecule has 2 unspecified atom stereocenters. The van der Waals surface area contributed by atoms with Crippen LogP contribution in [-0.4, -0.2) is 36.0 Å². The minimum Gasteiger partial charge on any atom is -0.333 e. The van der Waals surface area contributed by atoms with Crippen molar-refractivity contribution in [1.29, 1.82) is 0 Å². The summed E-state index contributed by atoms with van der Waals surface area (Å²) >= 11 is 12.0. The number of hydrogen-bond donors (Lipinski definition) is 1. The number of carbonyl (C=O) groups is 1. The Bertz CT molecular complexity index is 464. The summed E-state index contributed by atoms with van der Waals surface area (Å²) in [5.74, 6) is -0.0525. The van der Waals surface area contributed by atoms with Gasteiger partial charge in [0.1, 0.15) is 0 Å². The Morgan fingerprint density at radius 2 is 2.11 bits per heavy atom. The summed E-state index contributed by atoms with van der Waals surface area (Å²) in [4.78, 5) is 14.3. The van der Waals surface area contributed by atoms with Crippen molar-refractivity contribution < 1.29 is 4.79 Å². The number of hydrogen-bond acceptors (Lipinski definition) is 2. The van der Waals surface area contributed by atoms with E-state index in [1.807, 2.05) is 11.8 Å². The Balaban J connectivity index is 2.27. The molecule has 0 radical (unpaired) electrons. The highest BCUT2D eigenvalue weighted by atomic mass is 35.5. The first-order chi connectivity index (χ1) is 8.50. The smallest absolute Gasteiger partial charge is 0.255 e. The molecule has 18 heavy (non-hydrogen) atoms. The standard InChI is InChI=1S/C13H16Cl2N2O/c1-8-7-17(9(2)6-16-8)13(18)10-4-3-5-11(14)12(10)15/h3-5,8-9,16H,6-7H2,1-2H3. The minimum absolute atomic E-state index is 0.0525. The van der Waals surface area contributed by atoms with Crippen molar-refractivity contribution in [3.63, 3.8) is 0 Å². The summed E-state index contributed by atoms with van der Waals surface area (Å²) in [6, 6.07) is 5.60. The SMILES string of the molecule is CC1CN(C(=O)c2cccc(Cl)c2Cl)C(C)CN1. The van der Waals surface area contributed by atoms with Crippen molar-refractivity contribution in [2.24, 2.45) is 0 Å². The van der Waals surface area contributed by atoms with Crippen LogP contribution in [0.1, 0.15) is 24.2 Å². The third-order valence-electron chi connectivity index (χ3n) is 3.21. The summed E-state index contributed by atoms with van der Waals surface area (Å²) in [5, 5.41) is 4.09. The van der Waals surface area contributed by atoms with Gasteiger partial charge in [-0.05, 0) is 26.0 Å². The number of amides is 1. The van der Waals surface area contributed by atoms with Gasteiger partial charge in [0.25, 0.3) is 5.91 Å². The normalized spacial score (nSPS) is 24.1. The van der Waals surface area contributed by atoms with Gasteiger partial charge >= 0.3 is 0 Å². The molecule has 0 aliphatic carbocycles. The zero-order chi connectivity index (χ0) is 13.3. The molecule has 1 amide bonds. The van der Waals surface area contributed by atoms with Gasteiger partial charge < -0.3 is 10.2 Å². The Kier molecular flexibility index (Phi) is 4.15. The lowest BCUT2D eigenvalue weighted by atomic mass is 10.1. The Morgan fingerprint density at radius 1 is 1.39 bits per heavy atom. The molecule has 1 saturated heterocycles. The van der Waals surface area contributed by atoms with Gasteiger partial charge in [0.15, 0.2) is 0 Å². The van der Waals surface area contributed by atoms with E-state index in [0.717, 1.165) is 6.54 Å². The Morgan fingerprint density at radius 3 is 2.83 bits per heavy atom. The van der Waals surface area contributed by atoms with Gasteiger partial charge in [-0.1, -0.05) is 29.3 Å². The molecule has 2 atom stereocenters. The predicted molar refractivity (Wildman–Crippen MR) is 74.4 cm³/mol. The summed E-state index contributed by atoms with van der Waals surface area (Å²) in [6.45, 7) is 5.56. The van der Waals surface area contributed by atoms with E-state index in [1.165, 1.54) is 0 Å². The van der Waals surface area contributed by atoms with E-state index in [-0.39, 0.29) is 11.9 Å². The summed E-state index contributed by atoms with van der Waals surface area (Å²) < 4.78 is 0. The van der Waals surface area contributed by atoms with E-state index >= 15 is 0 Å². The molecule has 1 fully saturated rings. The van der Waals surface area contributed by atoms with Gasteiger partial charge in [0.05, 0.1) is 15.6 Å².